The number of amides is 2. The van der Waals surface area contributed by atoms with E-state index >= 15 is 0 Å². The van der Waals surface area contributed by atoms with Gasteiger partial charge in [-0.05, 0) is 52.4 Å². The van der Waals surface area contributed by atoms with E-state index in [-0.39, 0.29) is 37.0 Å². The van der Waals surface area contributed by atoms with Crippen molar-refractivity contribution in [3.8, 4) is 0 Å². The standard InChI is InChI=1S/C32H31N3O5S/c36-26-15-21(32(39)40)17-35-13-12-20-10-11-24(29(26)30(20)35)34-31(38)25(14-19-6-2-1-3-7-19)33-28(37)16-22-18-41-27-9-5-4-8-23(22)27/h1-9,12-13,18,21,24-25,29H,10-11,14-17H2,(H,33,37)(H,34,38)(H,39,40)/t21-,24-,25?,29?/m0/s1. The number of carboxylic acid groups (broad SMARTS) is 1. The summed E-state index contributed by atoms with van der Waals surface area (Å²) in [7, 11) is 0. The van der Waals surface area contributed by atoms with Gasteiger partial charge in [0.2, 0.25) is 11.8 Å². The lowest BCUT2D eigenvalue weighted by Crippen LogP contribution is -2.53. The highest BCUT2D eigenvalue weighted by Crippen LogP contribution is 2.38. The number of nitrogens with zero attached hydrogens (tertiary/aromatic N) is 1. The molecule has 0 spiro atoms. The number of aliphatic carboxylic acids is 1. The lowest BCUT2D eigenvalue weighted by Gasteiger charge is -2.33. The summed E-state index contributed by atoms with van der Waals surface area (Å²) in [5, 5.41) is 18.7. The predicted molar refractivity (Wildman–Crippen MR) is 156 cm³/mol. The Morgan fingerprint density at radius 3 is 2.63 bits per heavy atom. The van der Waals surface area contributed by atoms with Gasteiger partial charge in [0.25, 0.3) is 0 Å². The number of ketones is 1. The number of hydrogen-bond acceptors (Lipinski definition) is 5. The molecular formula is C32H31N3O5S. The molecule has 8 nitrogen and oxygen atoms in total. The van der Waals surface area contributed by atoms with Crippen molar-refractivity contribution in [3.05, 3.63) is 94.6 Å². The van der Waals surface area contributed by atoms with Gasteiger partial charge in [-0.25, -0.2) is 0 Å². The van der Waals surface area contributed by atoms with Crippen LogP contribution >= 0.6 is 11.3 Å². The molecule has 0 bridgehead atoms. The predicted octanol–water partition coefficient (Wildman–Crippen LogP) is 3.86. The summed E-state index contributed by atoms with van der Waals surface area (Å²) in [6.45, 7) is 0.234. The Labute approximate surface area is 241 Å². The molecule has 0 radical (unpaired) electrons. The van der Waals surface area contributed by atoms with Crippen LogP contribution in [-0.4, -0.2) is 45.3 Å². The maximum atomic E-state index is 13.8. The van der Waals surface area contributed by atoms with Gasteiger partial charge in [-0.1, -0.05) is 48.5 Å². The number of aromatic nitrogens is 1. The first-order valence-corrected chi connectivity index (χ1v) is 14.8. The quantitative estimate of drug-likeness (QED) is 0.298. The highest BCUT2D eigenvalue weighted by Gasteiger charge is 2.42. The van der Waals surface area contributed by atoms with Gasteiger partial charge in [0, 0.05) is 42.0 Å². The molecular weight excluding hydrogens is 538 g/mol. The molecule has 210 valence electrons. The normalized spacial score (nSPS) is 20.6. The number of hydrogen-bond donors (Lipinski definition) is 3. The van der Waals surface area contributed by atoms with Gasteiger partial charge in [0.1, 0.15) is 11.8 Å². The minimum absolute atomic E-state index is 0.0771. The Hall–Kier alpha value is -4.24. The number of carbonyl (C=O) groups excluding carboxylic acids is 3. The largest absolute Gasteiger partial charge is 0.481 e. The number of Topliss-reactive ketones (excluding diaryl/α,β-unsaturated/α-hetero) is 1. The summed E-state index contributed by atoms with van der Waals surface area (Å²) in [5.74, 6) is -3.19. The fourth-order valence-corrected chi connectivity index (χ4v) is 7.21. The van der Waals surface area contributed by atoms with Crippen LogP contribution < -0.4 is 10.6 Å². The highest BCUT2D eigenvalue weighted by atomic mass is 32.1. The topological polar surface area (TPSA) is 118 Å². The maximum absolute atomic E-state index is 13.8. The first-order valence-electron chi connectivity index (χ1n) is 13.9. The molecule has 2 unspecified atom stereocenters. The lowest BCUT2D eigenvalue weighted by atomic mass is 9.79. The maximum Gasteiger partial charge on any atom is 0.308 e. The van der Waals surface area contributed by atoms with Gasteiger partial charge in [-0.15, -0.1) is 11.3 Å². The molecule has 2 aromatic heterocycles. The van der Waals surface area contributed by atoms with E-state index in [1.807, 2.05) is 76.8 Å². The van der Waals surface area contributed by atoms with E-state index < -0.39 is 29.9 Å². The molecule has 6 rings (SSSR count). The number of rotatable bonds is 8. The van der Waals surface area contributed by atoms with E-state index in [1.54, 1.807) is 11.3 Å². The molecule has 9 heteroatoms. The smallest absolute Gasteiger partial charge is 0.308 e. The molecule has 0 saturated carbocycles. The van der Waals surface area contributed by atoms with Gasteiger partial charge < -0.3 is 20.3 Å². The molecule has 1 aliphatic heterocycles. The minimum atomic E-state index is -0.996. The zero-order valence-electron chi connectivity index (χ0n) is 22.4. The number of fused-ring (bicyclic) bond motifs is 1. The molecule has 4 atom stereocenters. The van der Waals surface area contributed by atoms with Crippen molar-refractivity contribution in [1.29, 1.82) is 0 Å². The zero-order valence-corrected chi connectivity index (χ0v) is 23.2. The van der Waals surface area contributed by atoms with Crippen LogP contribution in [0.15, 0.2) is 72.2 Å². The van der Waals surface area contributed by atoms with Crippen molar-refractivity contribution < 1.29 is 24.3 Å². The first kappa shape index (κ1) is 27.0. The molecule has 2 aromatic carbocycles. The van der Waals surface area contributed by atoms with E-state index in [1.165, 1.54) is 0 Å². The van der Waals surface area contributed by atoms with Crippen LogP contribution in [0.3, 0.4) is 0 Å². The Kier molecular flexibility index (Phi) is 7.45. The van der Waals surface area contributed by atoms with E-state index in [0.29, 0.717) is 19.3 Å². The van der Waals surface area contributed by atoms with Gasteiger partial charge in [-0.3, -0.25) is 19.2 Å². The first-order chi connectivity index (χ1) is 19.9. The molecule has 2 aliphatic rings. The third-order valence-electron chi connectivity index (χ3n) is 8.25. The Morgan fingerprint density at radius 2 is 1.83 bits per heavy atom. The number of nitrogens with one attached hydrogen (secondary N) is 2. The van der Waals surface area contributed by atoms with Crippen molar-refractivity contribution in [2.24, 2.45) is 5.92 Å². The van der Waals surface area contributed by atoms with Gasteiger partial charge in [0.05, 0.1) is 18.3 Å². The molecule has 0 saturated heterocycles. The molecule has 3 heterocycles. The van der Waals surface area contributed by atoms with Crippen molar-refractivity contribution in [3.63, 3.8) is 0 Å². The second-order valence-corrected chi connectivity index (χ2v) is 11.9. The second kappa shape index (κ2) is 11.3. The number of aryl methyl sites for hydroxylation is 1. The van der Waals surface area contributed by atoms with Crippen molar-refractivity contribution in [2.45, 2.75) is 56.7 Å². The summed E-state index contributed by atoms with van der Waals surface area (Å²) in [6, 6.07) is 18.1. The highest BCUT2D eigenvalue weighted by molar-refractivity contribution is 7.17. The Balaban J connectivity index is 1.23. The van der Waals surface area contributed by atoms with Crippen LogP contribution in [0.25, 0.3) is 10.1 Å². The van der Waals surface area contributed by atoms with Crippen LogP contribution in [0, 0.1) is 5.92 Å². The molecule has 41 heavy (non-hydrogen) atoms. The molecule has 0 fully saturated rings. The zero-order chi connectivity index (χ0) is 28.5. The van der Waals surface area contributed by atoms with Crippen LogP contribution in [-0.2, 0) is 45.0 Å². The van der Waals surface area contributed by atoms with Crippen LogP contribution in [0.1, 0.15) is 41.1 Å². The average Bonchev–Trinajstić information content (AvgIpc) is 3.52. The van der Waals surface area contributed by atoms with Crippen LogP contribution in [0.2, 0.25) is 0 Å². The Bertz CT molecular complexity index is 1620. The number of carbonyl (C=O) groups is 4. The fourth-order valence-electron chi connectivity index (χ4n) is 6.25. The van der Waals surface area contributed by atoms with Gasteiger partial charge in [-0.2, -0.15) is 0 Å². The molecule has 3 N–H and O–H groups in total. The third kappa shape index (κ3) is 5.54. The lowest BCUT2D eigenvalue weighted by molar-refractivity contribution is -0.144. The molecule has 1 aliphatic carbocycles. The van der Waals surface area contributed by atoms with Gasteiger partial charge in [0.15, 0.2) is 0 Å². The van der Waals surface area contributed by atoms with E-state index in [2.05, 4.69) is 10.6 Å². The fraction of sp³-hybridized carbons (Fsp3) is 0.312. The number of benzene rings is 2. The Morgan fingerprint density at radius 1 is 1.05 bits per heavy atom. The molecule has 4 aromatic rings. The van der Waals surface area contributed by atoms with Crippen molar-refractivity contribution in [1.82, 2.24) is 15.2 Å². The van der Waals surface area contributed by atoms with Gasteiger partial charge >= 0.3 is 5.97 Å². The number of thiophene rings is 1. The third-order valence-corrected chi connectivity index (χ3v) is 9.26. The summed E-state index contributed by atoms with van der Waals surface area (Å²) < 4.78 is 2.98. The van der Waals surface area contributed by atoms with Crippen LogP contribution in [0.5, 0.6) is 0 Å². The summed E-state index contributed by atoms with van der Waals surface area (Å²) >= 11 is 1.59. The van der Waals surface area contributed by atoms with E-state index in [4.69, 9.17) is 0 Å². The SMILES string of the molecule is O=C(Cc1csc2ccccc12)NC(Cc1ccccc1)C(=O)N[C@H]1CCc2ccn3c2C1C(=O)C[C@H](C(=O)O)C3. The summed E-state index contributed by atoms with van der Waals surface area (Å²) in [5.41, 5.74) is 3.66. The van der Waals surface area contributed by atoms with Crippen molar-refractivity contribution in [2.75, 3.05) is 0 Å². The van der Waals surface area contributed by atoms with E-state index in [9.17, 15) is 24.3 Å². The van der Waals surface area contributed by atoms with E-state index in [0.717, 1.165) is 32.5 Å². The van der Waals surface area contributed by atoms with Crippen molar-refractivity contribution >= 4 is 45.0 Å². The monoisotopic (exact) mass is 569 g/mol. The average molecular weight is 570 g/mol. The second-order valence-electron chi connectivity index (χ2n) is 11.0. The summed E-state index contributed by atoms with van der Waals surface area (Å²) in [4.78, 5) is 52.3. The minimum Gasteiger partial charge on any atom is -0.481 e. The number of carboxylic acids is 1. The van der Waals surface area contributed by atoms with Crippen LogP contribution in [0.4, 0.5) is 0 Å². The molecule has 2 amide bonds. The summed E-state index contributed by atoms with van der Waals surface area (Å²) in [6.07, 6.45) is 3.46.